The Hall–Kier alpha value is -1.62. The van der Waals surface area contributed by atoms with Crippen molar-refractivity contribution in [1.82, 2.24) is 0 Å². The van der Waals surface area contributed by atoms with Gasteiger partial charge in [0, 0.05) is 0 Å². The number of ether oxygens (including phenoxy) is 2. The first-order chi connectivity index (χ1) is 8.00. The van der Waals surface area contributed by atoms with E-state index < -0.39 is 5.97 Å². The Bertz CT molecular complexity index is 418. The van der Waals surface area contributed by atoms with Crippen LogP contribution in [0.1, 0.15) is 19.4 Å². The smallest absolute Gasteiger partial charge is 0.344 e. The van der Waals surface area contributed by atoms with Gasteiger partial charge in [0.2, 0.25) is 0 Å². The van der Waals surface area contributed by atoms with Gasteiger partial charge in [0.25, 0.3) is 0 Å². The van der Waals surface area contributed by atoms with Gasteiger partial charge in [-0.2, -0.15) is 0 Å². The van der Waals surface area contributed by atoms with Crippen molar-refractivity contribution in [2.45, 2.75) is 20.0 Å². The number of hydrogen-bond donors (Lipinski definition) is 1. The minimum absolute atomic E-state index is 0.155. The van der Waals surface area contributed by atoms with E-state index >= 15 is 0 Å². The van der Waals surface area contributed by atoms with Crippen LogP contribution in [-0.4, -0.2) is 23.7 Å². The molecule has 2 N–H and O–H groups in total. The highest BCUT2D eigenvalue weighted by molar-refractivity contribution is 7.80. The minimum Gasteiger partial charge on any atom is -0.481 e. The van der Waals surface area contributed by atoms with E-state index in [-0.39, 0.29) is 17.7 Å². The first-order valence-corrected chi connectivity index (χ1v) is 5.62. The summed E-state index contributed by atoms with van der Waals surface area (Å²) in [4.78, 5) is 11.5. The van der Waals surface area contributed by atoms with Gasteiger partial charge in [-0.1, -0.05) is 24.4 Å². The lowest BCUT2D eigenvalue weighted by Crippen LogP contribution is -2.20. The second-order valence-electron chi connectivity index (χ2n) is 3.69. The number of rotatable bonds is 5. The third-order valence-corrected chi connectivity index (χ3v) is 2.09. The van der Waals surface area contributed by atoms with Crippen molar-refractivity contribution >= 4 is 23.2 Å². The van der Waals surface area contributed by atoms with E-state index in [1.807, 2.05) is 0 Å². The molecule has 0 heterocycles. The number of para-hydroxylation sites is 1. The van der Waals surface area contributed by atoms with Gasteiger partial charge in [0.05, 0.1) is 11.7 Å². The largest absolute Gasteiger partial charge is 0.481 e. The van der Waals surface area contributed by atoms with Crippen LogP contribution in [0.3, 0.4) is 0 Å². The molecule has 0 amide bonds. The molecule has 0 saturated carbocycles. The molecule has 0 aliphatic rings. The van der Waals surface area contributed by atoms with Crippen molar-refractivity contribution in [3.8, 4) is 5.75 Å². The summed E-state index contributed by atoms with van der Waals surface area (Å²) >= 11 is 4.88. The van der Waals surface area contributed by atoms with Crippen molar-refractivity contribution in [3.63, 3.8) is 0 Å². The fourth-order valence-corrected chi connectivity index (χ4v) is 1.40. The van der Waals surface area contributed by atoms with Crippen molar-refractivity contribution in [2.24, 2.45) is 5.73 Å². The molecule has 1 rings (SSSR count). The molecular formula is C12H15NO3S. The van der Waals surface area contributed by atoms with Crippen LogP contribution < -0.4 is 10.5 Å². The maximum absolute atomic E-state index is 11.3. The van der Waals surface area contributed by atoms with Crippen LogP contribution in [0.2, 0.25) is 0 Å². The van der Waals surface area contributed by atoms with E-state index in [1.165, 1.54) is 0 Å². The van der Waals surface area contributed by atoms with E-state index in [2.05, 4.69) is 0 Å². The lowest BCUT2D eigenvalue weighted by atomic mass is 10.2. The minimum atomic E-state index is -0.419. The molecule has 4 nitrogen and oxygen atoms in total. The predicted octanol–water partition coefficient (Wildman–Crippen LogP) is 1.65. The van der Waals surface area contributed by atoms with Crippen LogP contribution in [-0.2, 0) is 9.53 Å². The topological polar surface area (TPSA) is 61.5 Å². The van der Waals surface area contributed by atoms with Crippen LogP contribution in [0.4, 0.5) is 0 Å². The van der Waals surface area contributed by atoms with Crippen LogP contribution in [0.25, 0.3) is 0 Å². The molecule has 0 bridgehead atoms. The van der Waals surface area contributed by atoms with E-state index in [0.29, 0.717) is 11.3 Å². The van der Waals surface area contributed by atoms with E-state index in [1.54, 1.807) is 38.1 Å². The Labute approximate surface area is 106 Å². The SMILES string of the molecule is CC(C)OC(=O)COc1ccccc1C(N)=S. The van der Waals surface area contributed by atoms with E-state index in [4.69, 9.17) is 27.4 Å². The average molecular weight is 253 g/mol. The van der Waals surface area contributed by atoms with Crippen molar-refractivity contribution in [1.29, 1.82) is 0 Å². The third kappa shape index (κ3) is 4.40. The zero-order valence-electron chi connectivity index (χ0n) is 9.80. The average Bonchev–Trinajstić information content (AvgIpc) is 2.25. The van der Waals surface area contributed by atoms with Gasteiger partial charge in [-0.3, -0.25) is 0 Å². The predicted molar refractivity (Wildman–Crippen MR) is 69.1 cm³/mol. The molecule has 0 radical (unpaired) electrons. The van der Waals surface area contributed by atoms with Gasteiger partial charge in [0.1, 0.15) is 10.7 Å². The maximum Gasteiger partial charge on any atom is 0.344 e. The van der Waals surface area contributed by atoms with Crippen molar-refractivity contribution in [3.05, 3.63) is 29.8 Å². The molecule has 0 aliphatic heterocycles. The molecule has 0 atom stereocenters. The summed E-state index contributed by atoms with van der Waals surface area (Å²) in [6.07, 6.45) is -0.156. The van der Waals surface area contributed by atoms with Crippen LogP contribution in [0.15, 0.2) is 24.3 Å². The standard InChI is InChI=1S/C12H15NO3S/c1-8(2)16-11(14)7-15-10-6-4-3-5-9(10)12(13)17/h3-6,8H,7H2,1-2H3,(H2,13,17). The molecule has 0 spiro atoms. The van der Waals surface area contributed by atoms with Crippen molar-refractivity contribution < 1.29 is 14.3 Å². The second-order valence-corrected chi connectivity index (χ2v) is 4.13. The van der Waals surface area contributed by atoms with Gasteiger partial charge in [-0.05, 0) is 26.0 Å². The molecule has 0 unspecified atom stereocenters. The third-order valence-electron chi connectivity index (χ3n) is 1.87. The fourth-order valence-electron chi connectivity index (χ4n) is 1.23. The fraction of sp³-hybridized carbons (Fsp3) is 0.333. The summed E-state index contributed by atoms with van der Waals surface area (Å²) in [6, 6.07) is 7.03. The van der Waals surface area contributed by atoms with Crippen LogP contribution >= 0.6 is 12.2 Å². The molecule has 92 valence electrons. The maximum atomic E-state index is 11.3. The molecule has 0 aromatic heterocycles. The highest BCUT2D eigenvalue weighted by Gasteiger charge is 2.09. The summed E-state index contributed by atoms with van der Waals surface area (Å²) < 4.78 is 10.3. The summed E-state index contributed by atoms with van der Waals surface area (Å²) in [7, 11) is 0. The van der Waals surface area contributed by atoms with Gasteiger partial charge in [-0.15, -0.1) is 0 Å². The molecule has 5 heteroatoms. The zero-order valence-corrected chi connectivity index (χ0v) is 10.6. The summed E-state index contributed by atoms with van der Waals surface area (Å²) in [5.41, 5.74) is 6.15. The van der Waals surface area contributed by atoms with Gasteiger partial charge in [-0.25, -0.2) is 4.79 Å². The molecule has 1 aromatic carbocycles. The first kappa shape index (κ1) is 13.4. The summed E-state index contributed by atoms with van der Waals surface area (Å²) in [6.45, 7) is 3.40. The Kier molecular flexibility index (Phi) is 4.90. The van der Waals surface area contributed by atoms with Crippen LogP contribution in [0.5, 0.6) is 5.75 Å². The van der Waals surface area contributed by atoms with E-state index in [0.717, 1.165) is 0 Å². The molecule has 17 heavy (non-hydrogen) atoms. The number of benzene rings is 1. The molecule has 0 aliphatic carbocycles. The lowest BCUT2D eigenvalue weighted by Gasteiger charge is -2.11. The first-order valence-electron chi connectivity index (χ1n) is 5.22. The number of carbonyl (C=O) groups excluding carboxylic acids is 1. The number of esters is 1. The Morgan fingerprint density at radius 1 is 1.41 bits per heavy atom. The monoisotopic (exact) mass is 253 g/mol. The summed E-state index contributed by atoms with van der Waals surface area (Å²) in [5, 5.41) is 0. The zero-order chi connectivity index (χ0) is 12.8. The molecule has 1 aromatic rings. The van der Waals surface area contributed by atoms with Gasteiger partial charge >= 0.3 is 5.97 Å². The Morgan fingerprint density at radius 3 is 2.65 bits per heavy atom. The number of thiocarbonyl (C=S) groups is 1. The Balaban J connectivity index is 2.63. The van der Waals surface area contributed by atoms with Gasteiger partial charge in [0.15, 0.2) is 6.61 Å². The number of carbonyl (C=O) groups is 1. The Morgan fingerprint density at radius 2 is 2.06 bits per heavy atom. The normalized spacial score (nSPS) is 10.1. The van der Waals surface area contributed by atoms with Gasteiger partial charge < -0.3 is 15.2 Å². The second kappa shape index (κ2) is 6.20. The highest BCUT2D eigenvalue weighted by Crippen LogP contribution is 2.17. The van der Waals surface area contributed by atoms with Crippen LogP contribution in [0, 0.1) is 0 Å². The number of nitrogens with two attached hydrogens (primary N) is 1. The summed E-state index contributed by atoms with van der Waals surface area (Å²) in [5.74, 6) is 0.0680. The quantitative estimate of drug-likeness (QED) is 0.638. The lowest BCUT2D eigenvalue weighted by molar-refractivity contribution is -0.149. The van der Waals surface area contributed by atoms with Crippen molar-refractivity contribution in [2.75, 3.05) is 6.61 Å². The molecular weight excluding hydrogens is 238 g/mol. The molecule has 0 fully saturated rings. The highest BCUT2D eigenvalue weighted by atomic mass is 32.1. The number of hydrogen-bond acceptors (Lipinski definition) is 4. The molecule has 0 saturated heterocycles. The van der Waals surface area contributed by atoms with E-state index in [9.17, 15) is 4.79 Å².